The van der Waals surface area contributed by atoms with Crippen LogP contribution < -0.4 is 9.64 Å². The second-order valence-corrected chi connectivity index (χ2v) is 6.67. The lowest BCUT2D eigenvalue weighted by atomic mass is 10.1. The first-order chi connectivity index (χ1) is 12.5. The monoisotopic (exact) mass is 362 g/mol. The molecule has 1 fully saturated rings. The molecule has 1 aliphatic heterocycles. The smallest absolute Gasteiger partial charge is 0.167 e. The molecule has 0 bridgehead atoms. The molecule has 0 amide bonds. The number of nitrogens with zero attached hydrogens (tertiary/aromatic N) is 2. The van der Waals surface area contributed by atoms with E-state index in [2.05, 4.69) is 34.1 Å². The fourth-order valence-electron chi connectivity index (χ4n) is 2.96. The lowest BCUT2D eigenvalue weighted by Gasteiger charge is -2.32. The average molecular weight is 362 g/mol. The Morgan fingerprint density at radius 2 is 1.92 bits per heavy atom. The predicted molar refractivity (Wildman–Crippen MR) is 97.6 cm³/mol. The molecule has 1 aliphatic rings. The van der Waals surface area contributed by atoms with E-state index in [1.165, 1.54) is 23.4 Å². The molecule has 0 saturated carbocycles. The minimum absolute atomic E-state index is 0.0476. The highest BCUT2D eigenvalue weighted by Crippen LogP contribution is 2.19. The summed E-state index contributed by atoms with van der Waals surface area (Å²) >= 11 is 0. The topological polar surface area (TPSA) is 24.9 Å². The Hall–Kier alpha value is -2.18. The van der Waals surface area contributed by atoms with Crippen LogP contribution in [-0.4, -0.2) is 51.4 Å². The van der Waals surface area contributed by atoms with Crippen LogP contribution in [0, 0.1) is 11.6 Å². The summed E-state index contributed by atoms with van der Waals surface area (Å²) in [6.45, 7) is 3.22. The van der Waals surface area contributed by atoms with Gasteiger partial charge in [-0.15, -0.1) is 0 Å². The van der Waals surface area contributed by atoms with Crippen LogP contribution >= 0.6 is 0 Å². The molecule has 1 atom stereocenters. The highest BCUT2D eigenvalue weighted by atomic mass is 19.1. The zero-order chi connectivity index (χ0) is 18.5. The van der Waals surface area contributed by atoms with E-state index in [1.807, 2.05) is 14.1 Å². The van der Waals surface area contributed by atoms with Crippen molar-refractivity contribution in [1.29, 1.82) is 0 Å². The van der Waals surface area contributed by atoms with Gasteiger partial charge in [0.2, 0.25) is 0 Å². The SMILES string of the molecule is CN(C)c1ccc(CN2CCOC(COc3ccc(F)cc3F)C2)cc1. The number of rotatable bonds is 6. The van der Waals surface area contributed by atoms with Crippen LogP contribution in [0.25, 0.3) is 0 Å². The molecule has 0 aliphatic carbocycles. The van der Waals surface area contributed by atoms with Gasteiger partial charge in [0.1, 0.15) is 18.5 Å². The van der Waals surface area contributed by atoms with Gasteiger partial charge < -0.3 is 14.4 Å². The number of anilines is 1. The molecular weight excluding hydrogens is 338 g/mol. The van der Waals surface area contributed by atoms with E-state index in [9.17, 15) is 8.78 Å². The van der Waals surface area contributed by atoms with E-state index >= 15 is 0 Å². The zero-order valence-electron chi connectivity index (χ0n) is 15.1. The quantitative estimate of drug-likeness (QED) is 0.787. The molecule has 140 valence electrons. The second kappa shape index (κ2) is 8.47. The zero-order valence-corrected chi connectivity index (χ0v) is 15.1. The Kier molecular flexibility index (Phi) is 6.06. The van der Waals surface area contributed by atoms with Gasteiger partial charge in [-0.05, 0) is 29.8 Å². The minimum Gasteiger partial charge on any atom is -0.488 e. The van der Waals surface area contributed by atoms with Crippen LogP contribution in [0.15, 0.2) is 42.5 Å². The lowest BCUT2D eigenvalue weighted by molar-refractivity contribution is -0.0508. The first-order valence-electron chi connectivity index (χ1n) is 8.69. The number of halogens is 2. The van der Waals surface area contributed by atoms with E-state index in [1.54, 1.807) is 0 Å². The molecule has 6 heteroatoms. The third kappa shape index (κ3) is 4.93. The van der Waals surface area contributed by atoms with Gasteiger partial charge in [0.15, 0.2) is 11.6 Å². The van der Waals surface area contributed by atoms with Gasteiger partial charge in [-0.2, -0.15) is 0 Å². The standard InChI is InChI=1S/C20H24F2N2O2/c1-23(2)17-6-3-15(4-7-17)12-24-9-10-25-18(13-24)14-26-20-8-5-16(21)11-19(20)22/h3-8,11,18H,9-10,12-14H2,1-2H3. The van der Waals surface area contributed by atoms with Gasteiger partial charge in [0.05, 0.1) is 6.61 Å². The van der Waals surface area contributed by atoms with Crippen molar-refractivity contribution in [2.75, 3.05) is 45.3 Å². The van der Waals surface area contributed by atoms with Crippen molar-refractivity contribution in [2.24, 2.45) is 0 Å². The molecule has 4 nitrogen and oxygen atoms in total. The van der Waals surface area contributed by atoms with Gasteiger partial charge >= 0.3 is 0 Å². The maximum atomic E-state index is 13.6. The molecule has 0 aromatic heterocycles. The highest BCUT2D eigenvalue weighted by molar-refractivity contribution is 5.45. The van der Waals surface area contributed by atoms with Gasteiger partial charge in [0.25, 0.3) is 0 Å². The molecule has 2 aromatic carbocycles. The van der Waals surface area contributed by atoms with Crippen molar-refractivity contribution in [3.63, 3.8) is 0 Å². The molecule has 0 radical (unpaired) electrons. The normalized spacial score (nSPS) is 17.9. The van der Waals surface area contributed by atoms with Gasteiger partial charge in [-0.25, -0.2) is 8.78 Å². The maximum Gasteiger partial charge on any atom is 0.167 e. The summed E-state index contributed by atoms with van der Waals surface area (Å²) in [6.07, 6.45) is -0.144. The van der Waals surface area contributed by atoms with E-state index in [0.717, 1.165) is 19.2 Å². The maximum absolute atomic E-state index is 13.6. The van der Waals surface area contributed by atoms with E-state index < -0.39 is 11.6 Å². The molecular formula is C20H24F2N2O2. The number of morpholine rings is 1. The van der Waals surface area contributed by atoms with E-state index in [4.69, 9.17) is 9.47 Å². The highest BCUT2D eigenvalue weighted by Gasteiger charge is 2.21. The van der Waals surface area contributed by atoms with Crippen molar-refractivity contribution in [3.05, 3.63) is 59.7 Å². The molecule has 1 heterocycles. The van der Waals surface area contributed by atoms with Crippen LogP contribution in [0.2, 0.25) is 0 Å². The molecule has 0 N–H and O–H groups in total. The second-order valence-electron chi connectivity index (χ2n) is 6.67. The molecule has 3 rings (SSSR count). The summed E-state index contributed by atoms with van der Waals surface area (Å²) in [5.74, 6) is -1.26. The number of hydrogen-bond donors (Lipinski definition) is 0. The summed E-state index contributed by atoms with van der Waals surface area (Å²) in [7, 11) is 4.04. The third-order valence-corrected chi connectivity index (χ3v) is 4.40. The van der Waals surface area contributed by atoms with Gasteiger partial charge in [-0.3, -0.25) is 4.90 Å². The summed E-state index contributed by atoms with van der Waals surface area (Å²) in [6, 6.07) is 11.8. The Labute approximate surface area is 152 Å². The molecule has 1 saturated heterocycles. The van der Waals surface area contributed by atoms with Crippen LogP contribution in [0.4, 0.5) is 14.5 Å². The van der Waals surface area contributed by atoms with Crippen molar-refractivity contribution >= 4 is 5.69 Å². The Morgan fingerprint density at radius 3 is 2.62 bits per heavy atom. The van der Waals surface area contributed by atoms with Crippen molar-refractivity contribution < 1.29 is 18.3 Å². The Balaban J connectivity index is 1.52. The summed E-state index contributed by atoms with van der Waals surface area (Å²) in [5.41, 5.74) is 2.41. The van der Waals surface area contributed by atoms with Gasteiger partial charge in [-0.1, -0.05) is 12.1 Å². The van der Waals surface area contributed by atoms with E-state index in [-0.39, 0.29) is 18.5 Å². The Bertz CT molecular complexity index is 722. The fraction of sp³-hybridized carbons (Fsp3) is 0.400. The molecule has 1 unspecified atom stereocenters. The van der Waals surface area contributed by atoms with Crippen molar-refractivity contribution in [1.82, 2.24) is 4.90 Å². The summed E-state index contributed by atoms with van der Waals surface area (Å²) < 4.78 is 37.8. The summed E-state index contributed by atoms with van der Waals surface area (Å²) in [5, 5.41) is 0. The Morgan fingerprint density at radius 1 is 1.15 bits per heavy atom. The third-order valence-electron chi connectivity index (χ3n) is 4.40. The minimum atomic E-state index is -0.696. The summed E-state index contributed by atoms with van der Waals surface area (Å²) in [4.78, 5) is 4.36. The fourth-order valence-corrected chi connectivity index (χ4v) is 2.96. The average Bonchev–Trinajstić information content (AvgIpc) is 2.62. The van der Waals surface area contributed by atoms with E-state index in [0.29, 0.717) is 13.2 Å². The number of hydrogen-bond acceptors (Lipinski definition) is 4. The van der Waals surface area contributed by atoms with Crippen molar-refractivity contribution in [3.8, 4) is 5.75 Å². The van der Waals surface area contributed by atoms with Gasteiger partial charge in [0, 0.05) is 45.5 Å². The lowest BCUT2D eigenvalue weighted by Crippen LogP contribution is -2.44. The predicted octanol–water partition coefficient (Wildman–Crippen LogP) is 3.31. The largest absolute Gasteiger partial charge is 0.488 e. The van der Waals surface area contributed by atoms with Crippen molar-refractivity contribution in [2.45, 2.75) is 12.6 Å². The first kappa shape index (κ1) is 18.6. The van der Waals surface area contributed by atoms with Crippen LogP contribution in [0.5, 0.6) is 5.75 Å². The molecule has 26 heavy (non-hydrogen) atoms. The molecule has 0 spiro atoms. The number of benzene rings is 2. The van der Waals surface area contributed by atoms with Crippen LogP contribution in [0.3, 0.4) is 0 Å². The van der Waals surface area contributed by atoms with Crippen LogP contribution in [0.1, 0.15) is 5.56 Å². The first-order valence-corrected chi connectivity index (χ1v) is 8.69. The molecule has 2 aromatic rings. The van der Waals surface area contributed by atoms with Crippen LogP contribution in [-0.2, 0) is 11.3 Å². The number of ether oxygens (including phenoxy) is 2.